The summed E-state index contributed by atoms with van der Waals surface area (Å²) < 4.78 is 39.7. The largest absolute Gasteiger partial charge is 0.485 e. The number of benzene rings is 1. The van der Waals surface area contributed by atoms with Crippen molar-refractivity contribution in [1.82, 2.24) is 4.90 Å². The first-order valence-corrected chi connectivity index (χ1v) is 11.3. The minimum atomic E-state index is -3.11. The fourth-order valence-corrected chi connectivity index (χ4v) is 5.04. The van der Waals surface area contributed by atoms with E-state index in [1.165, 1.54) is 4.90 Å². The lowest BCUT2D eigenvalue weighted by Crippen LogP contribution is -2.45. The van der Waals surface area contributed by atoms with E-state index >= 15 is 0 Å². The van der Waals surface area contributed by atoms with Crippen molar-refractivity contribution in [3.05, 3.63) is 24.3 Å². The smallest absolute Gasteiger partial charge is 0.351 e. The highest BCUT2D eigenvalue weighted by atomic mass is 32.2. The maximum atomic E-state index is 12.6. The number of amides is 1. The maximum absolute atomic E-state index is 12.6. The molecule has 1 saturated heterocycles. The van der Waals surface area contributed by atoms with E-state index in [4.69, 9.17) is 14.2 Å². The predicted molar refractivity (Wildman–Crippen MR) is 101 cm³/mol. The number of ether oxygens (including phenoxy) is 3. The van der Waals surface area contributed by atoms with Crippen LogP contribution in [0.3, 0.4) is 0 Å². The third-order valence-electron chi connectivity index (χ3n) is 4.83. The molecule has 0 saturated carbocycles. The van der Waals surface area contributed by atoms with Gasteiger partial charge in [0.25, 0.3) is 5.91 Å². The molecular weight excluding hydrogens is 386 g/mol. The van der Waals surface area contributed by atoms with Gasteiger partial charge in [-0.15, -0.1) is 0 Å². The van der Waals surface area contributed by atoms with Crippen LogP contribution in [0.4, 0.5) is 0 Å². The number of carbonyl (C=O) groups excluding carboxylic acids is 2. The van der Waals surface area contributed by atoms with Crippen molar-refractivity contribution in [3.8, 4) is 11.5 Å². The lowest BCUT2D eigenvalue weighted by molar-refractivity contribution is -0.160. The molecule has 0 spiro atoms. The molecule has 0 unspecified atom stereocenters. The van der Waals surface area contributed by atoms with E-state index in [0.29, 0.717) is 24.5 Å². The second kappa shape index (κ2) is 8.81. The van der Waals surface area contributed by atoms with Crippen molar-refractivity contribution in [2.24, 2.45) is 0 Å². The van der Waals surface area contributed by atoms with E-state index in [1.807, 2.05) is 6.92 Å². The van der Waals surface area contributed by atoms with Gasteiger partial charge in [-0.1, -0.05) is 25.5 Å². The predicted octanol–water partition coefficient (Wildman–Crippen LogP) is 1.19. The van der Waals surface area contributed by atoms with Crippen molar-refractivity contribution in [1.29, 1.82) is 0 Å². The number of sulfone groups is 1. The third kappa shape index (κ3) is 4.95. The number of rotatable bonds is 7. The number of unbranched alkanes of at least 4 members (excludes halogenated alkanes) is 1. The Hall–Kier alpha value is -2.29. The van der Waals surface area contributed by atoms with Gasteiger partial charge in [-0.3, -0.25) is 4.79 Å². The Morgan fingerprint density at radius 2 is 2.00 bits per heavy atom. The molecule has 1 fully saturated rings. The van der Waals surface area contributed by atoms with Crippen molar-refractivity contribution in [3.63, 3.8) is 0 Å². The average Bonchev–Trinajstić information content (AvgIpc) is 3.05. The van der Waals surface area contributed by atoms with Crippen LogP contribution in [-0.2, 0) is 24.2 Å². The summed E-state index contributed by atoms with van der Waals surface area (Å²) in [6.45, 7) is 2.00. The molecule has 1 amide bonds. The fraction of sp³-hybridized carbons (Fsp3) is 0.579. The topological polar surface area (TPSA) is 99.2 Å². The van der Waals surface area contributed by atoms with Crippen molar-refractivity contribution in [2.45, 2.75) is 38.3 Å². The Balaban J connectivity index is 1.56. The van der Waals surface area contributed by atoms with Crippen LogP contribution in [0, 0.1) is 0 Å². The Morgan fingerprint density at radius 1 is 1.25 bits per heavy atom. The summed E-state index contributed by atoms with van der Waals surface area (Å²) in [6.07, 6.45) is 1.10. The molecule has 0 aromatic heterocycles. The molecule has 9 heteroatoms. The highest BCUT2D eigenvalue weighted by Gasteiger charge is 2.35. The third-order valence-corrected chi connectivity index (χ3v) is 6.58. The minimum Gasteiger partial charge on any atom is -0.485 e. The van der Waals surface area contributed by atoms with Gasteiger partial charge >= 0.3 is 5.97 Å². The molecule has 2 aliphatic rings. The van der Waals surface area contributed by atoms with Crippen LogP contribution in [0.15, 0.2) is 24.3 Å². The lowest BCUT2D eigenvalue weighted by Gasteiger charge is -2.29. The molecule has 1 aromatic rings. The van der Waals surface area contributed by atoms with Crippen LogP contribution in [0.25, 0.3) is 0 Å². The van der Waals surface area contributed by atoms with Crippen molar-refractivity contribution < 1.29 is 32.2 Å². The van der Waals surface area contributed by atoms with Gasteiger partial charge in [0.1, 0.15) is 6.61 Å². The molecule has 28 heavy (non-hydrogen) atoms. The molecule has 2 atom stereocenters. The first kappa shape index (κ1) is 20.4. The van der Waals surface area contributed by atoms with Gasteiger partial charge in [-0.05, 0) is 25.0 Å². The summed E-state index contributed by atoms with van der Waals surface area (Å²) in [5, 5.41) is 0. The number of nitrogens with zero attached hydrogens (tertiary/aromatic N) is 1. The van der Waals surface area contributed by atoms with Crippen LogP contribution in [0.5, 0.6) is 11.5 Å². The van der Waals surface area contributed by atoms with E-state index in [1.54, 1.807) is 24.3 Å². The Kier molecular flexibility index (Phi) is 6.43. The summed E-state index contributed by atoms with van der Waals surface area (Å²) in [4.78, 5) is 26.4. The van der Waals surface area contributed by atoms with E-state index in [9.17, 15) is 18.0 Å². The molecule has 0 bridgehead atoms. The molecule has 154 valence electrons. The van der Waals surface area contributed by atoms with Gasteiger partial charge in [0.15, 0.2) is 27.9 Å². The van der Waals surface area contributed by atoms with E-state index in [2.05, 4.69) is 0 Å². The summed E-state index contributed by atoms with van der Waals surface area (Å²) in [7, 11) is -3.11. The molecule has 3 rings (SSSR count). The molecular formula is C19H25NO7S. The summed E-state index contributed by atoms with van der Waals surface area (Å²) >= 11 is 0. The second-order valence-corrected chi connectivity index (χ2v) is 9.20. The number of para-hydroxylation sites is 2. The average molecular weight is 411 g/mol. The molecule has 0 aliphatic carbocycles. The second-order valence-electron chi connectivity index (χ2n) is 6.97. The fourth-order valence-electron chi connectivity index (χ4n) is 3.30. The molecule has 2 heterocycles. The van der Waals surface area contributed by atoms with Gasteiger partial charge in [0.05, 0.1) is 11.5 Å². The van der Waals surface area contributed by atoms with E-state index in [-0.39, 0.29) is 30.1 Å². The van der Waals surface area contributed by atoms with Gasteiger partial charge < -0.3 is 19.1 Å². The Bertz CT molecular complexity index is 823. The quantitative estimate of drug-likeness (QED) is 0.621. The monoisotopic (exact) mass is 411 g/mol. The zero-order chi connectivity index (χ0) is 20.1. The first-order valence-electron chi connectivity index (χ1n) is 9.44. The van der Waals surface area contributed by atoms with Gasteiger partial charge in [0.2, 0.25) is 6.10 Å². The zero-order valence-corrected chi connectivity index (χ0v) is 16.7. The SMILES string of the molecule is CCCCN(C(=O)COC(=O)[C@H]1COc2ccccc2O1)[C@@H]1CCS(=O)(=O)C1. The zero-order valence-electron chi connectivity index (χ0n) is 15.8. The van der Waals surface area contributed by atoms with Gasteiger partial charge in [-0.2, -0.15) is 0 Å². The van der Waals surface area contributed by atoms with E-state index < -0.39 is 28.5 Å². The normalized spacial score (nSPS) is 22.5. The maximum Gasteiger partial charge on any atom is 0.351 e. The molecule has 0 radical (unpaired) electrons. The number of hydrogen-bond acceptors (Lipinski definition) is 7. The van der Waals surface area contributed by atoms with Gasteiger partial charge in [-0.25, -0.2) is 13.2 Å². The summed E-state index contributed by atoms with van der Waals surface area (Å²) in [5.41, 5.74) is 0. The summed E-state index contributed by atoms with van der Waals surface area (Å²) in [5.74, 6) is -0.0239. The van der Waals surface area contributed by atoms with Crippen molar-refractivity contribution >= 4 is 21.7 Å². The Morgan fingerprint density at radius 3 is 2.68 bits per heavy atom. The minimum absolute atomic E-state index is 0.00442. The molecule has 8 nitrogen and oxygen atoms in total. The molecule has 2 aliphatic heterocycles. The standard InChI is InChI=1S/C19H25NO7S/c1-2-3-9-20(14-8-10-28(23,24)13-14)18(21)12-26-19(22)17-11-25-15-6-4-5-7-16(15)27-17/h4-7,14,17H,2-3,8-13H2,1H3/t14-,17-/m1/s1. The van der Waals surface area contributed by atoms with Crippen LogP contribution in [0.1, 0.15) is 26.2 Å². The number of hydrogen-bond donors (Lipinski definition) is 0. The van der Waals surface area contributed by atoms with Crippen LogP contribution >= 0.6 is 0 Å². The lowest BCUT2D eigenvalue weighted by atomic mass is 10.2. The highest BCUT2D eigenvalue weighted by molar-refractivity contribution is 7.91. The van der Waals surface area contributed by atoms with Crippen LogP contribution < -0.4 is 9.47 Å². The van der Waals surface area contributed by atoms with Crippen LogP contribution in [-0.4, -0.2) is 68.6 Å². The summed E-state index contributed by atoms with van der Waals surface area (Å²) in [6, 6.07) is 6.63. The van der Waals surface area contributed by atoms with Gasteiger partial charge in [0, 0.05) is 12.6 Å². The first-order chi connectivity index (χ1) is 13.4. The van der Waals surface area contributed by atoms with Crippen LogP contribution in [0.2, 0.25) is 0 Å². The number of fused-ring (bicyclic) bond motifs is 1. The highest BCUT2D eigenvalue weighted by Crippen LogP contribution is 2.31. The number of carbonyl (C=O) groups is 2. The molecule has 1 aromatic carbocycles. The van der Waals surface area contributed by atoms with Crippen molar-refractivity contribution in [2.75, 3.05) is 31.3 Å². The molecule has 0 N–H and O–H groups in total. The number of esters is 1. The van der Waals surface area contributed by atoms with E-state index in [0.717, 1.165) is 12.8 Å². The Labute approximate surface area is 164 Å².